The molecule has 4 rings (SSSR count). The Balaban J connectivity index is 1.32. The van der Waals surface area contributed by atoms with Gasteiger partial charge < -0.3 is 15.1 Å². The summed E-state index contributed by atoms with van der Waals surface area (Å²) < 4.78 is 0. The molecule has 2 amide bonds. The molecule has 6 heteroatoms. The van der Waals surface area contributed by atoms with E-state index in [1.165, 1.54) is 25.7 Å². The zero-order valence-corrected chi connectivity index (χ0v) is 15.8. The number of nitrogens with one attached hydrogen (secondary N) is 1. The number of hydrogen-bond acceptors (Lipinski definition) is 3. The summed E-state index contributed by atoms with van der Waals surface area (Å²) in [5.74, 6) is 0.877. The van der Waals surface area contributed by atoms with Crippen LogP contribution in [0, 0.1) is 5.92 Å². The Kier molecular flexibility index (Phi) is 5.18. The smallest absolute Gasteiger partial charge is 0.254 e. The largest absolute Gasteiger partial charge is 0.338 e. The lowest BCUT2D eigenvalue weighted by atomic mass is 9.85. The first-order valence-electron chi connectivity index (χ1n) is 9.71. The van der Waals surface area contributed by atoms with Crippen molar-refractivity contribution in [1.82, 2.24) is 15.1 Å². The SMILES string of the molecule is O=C(c1cccc(Cl)c1)N1CCN(C(=O)C2CC3CCCCC3N2)CC1. The summed E-state index contributed by atoms with van der Waals surface area (Å²) in [6.07, 6.45) is 6.01. The number of halogens is 1. The van der Waals surface area contributed by atoms with Gasteiger partial charge in [0.2, 0.25) is 5.91 Å². The molecule has 1 aromatic carbocycles. The summed E-state index contributed by atoms with van der Waals surface area (Å²) in [7, 11) is 0. The molecule has 3 unspecified atom stereocenters. The first-order valence-corrected chi connectivity index (χ1v) is 10.1. The second kappa shape index (κ2) is 7.57. The lowest BCUT2D eigenvalue weighted by molar-refractivity contribution is -0.134. The van der Waals surface area contributed by atoms with Crippen LogP contribution in [0.15, 0.2) is 24.3 Å². The van der Waals surface area contributed by atoms with Gasteiger partial charge in [0.05, 0.1) is 6.04 Å². The Morgan fingerprint density at radius 2 is 1.77 bits per heavy atom. The van der Waals surface area contributed by atoms with Crippen LogP contribution in [0.5, 0.6) is 0 Å². The molecule has 140 valence electrons. The Hall–Kier alpha value is -1.59. The molecule has 3 fully saturated rings. The predicted octanol–water partition coefficient (Wildman–Crippen LogP) is 2.55. The van der Waals surface area contributed by atoms with Gasteiger partial charge in [-0.05, 0) is 43.4 Å². The van der Waals surface area contributed by atoms with E-state index in [0.717, 1.165) is 6.42 Å². The highest BCUT2D eigenvalue weighted by molar-refractivity contribution is 6.30. The number of carbonyl (C=O) groups excluding carboxylic acids is 2. The molecule has 2 aliphatic heterocycles. The first kappa shape index (κ1) is 17.8. The summed E-state index contributed by atoms with van der Waals surface area (Å²) in [5, 5.41) is 4.14. The van der Waals surface area contributed by atoms with Crippen LogP contribution in [-0.4, -0.2) is 59.9 Å². The average molecular weight is 376 g/mol. The standard InChI is InChI=1S/C20H26ClN3O2/c21-16-6-3-5-15(12-16)19(25)23-8-10-24(11-9-23)20(26)18-13-14-4-1-2-7-17(14)22-18/h3,5-6,12,14,17-18,22H,1-2,4,7-11,13H2. The summed E-state index contributed by atoms with van der Waals surface area (Å²) in [6, 6.07) is 7.55. The minimum absolute atomic E-state index is 0.00962. The van der Waals surface area contributed by atoms with Gasteiger partial charge in [0.25, 0.3) is 5.91 Å². The van der Waals surface area contributed by atoms with Gasteiger partial charge in [-0.15, -0.1) is 0 Å². The van der Waals surface area contributed by atoms with E-state index in [-0.39, 0.29) is 17.9 Å². The van der Waals surface area contributed by atoms with Gasteiger partial charge in [-0.25, -0.2) is 0 Å². The lowest BCUT2D eigenvalue weighted by Gasteiger charge is -2.36. The fourth-order valence-corrected chi connectivity index (χ4v) is 4.86. The van der Waals surface area contributed by atoms with Crippen LogP contribution in [0.2, 0.25) is 5.02 Å². The van der Waals surface area contributed by atoms with E-state index < -0.39 is 0 Å². The zero-order chi connectivity index (χ0) is 18.1. The van der Waals surface area contributed by atoms with Crippen molar-refractivity contribution in [1.29, 1.82) is 0 Å². The van der Waals surface area contributed by atoms with Gasteiger partial charge in [-0.1, -0.05) is 30.5 Å². The van der Waals surface area contributed by atoms with Crippen molar-refractivity contribution in [2.45, 2.75) is 44.2 Å². The van der Waals surface area contributed by atoms with E-state index >= 15 is 0 Å². The molecule has 26 heavy (non-hydrogen) atoms. The first-order chi connectivity index (χ1) is 12.6. The van der Waals surface area contributed by atoms with Gasteiger partial charge in [0.15, 0.2) is 0 Å². The lowest BCUT2D eigenvalue weighted by Crippen LogP contribution is -2.54. The molecule has 2 saturated heterocycles. The summed E-state index contributed by atoms with van der Waals surface area (Å²) in [5.41, 5.74) is 0.610. The summed E-state index contributed by atoms with van der Waals surface area (Å²) >= 11 is 5.99. The molecule has 1 saturated carbocycles. The molecule has 3 atom stereocenters. The van der Waals surface area contributed by atoms with Crippen LogP contribution in [0.25, 0.3) is 0 Å². The van der Waals surface area contributed by atoms with Crippen LogP contribution < -0.4 is 5.32 Å². The van der Waals surface area contributed by atoms with Crippen molar-refractivity contribution in [2.24, 2.45) is 5.92 Å². The third-order valence-corrected chi connectivity index (χ3v) is 6.35. The quantitative estimate of drug-likeness (QED) is 0.864. The van der Waals surface area contributed by atoms with Crippen LogP contribution in [0.3, 0.4) is 0 Å². The van der Waals surface area contributed by atoms with Gasteiger partial charge in [0, 0.05) is 42.8 Å². The molecule has 0 aromatic heterocycles. The highest BCUT2D eigenvalue weighted by Crippen LogP contribution is 2.33. The maximum absolute atomic E-state index is 12.9. The highest BCUT2D eigenvalue weighted by Gasteiger charge is 2.40. The number of fused-ring (bicyclic) bond motifs is 1. The third-order valence-electron chi connectivity index (χ3n) is 6.11. The molecule has 2 heterocycles. The van der Waals surface area contributed by atoms with Crippen LogP contribution in [0.4, 0.5) is 0 Å². The number of piperazine rings is 1. The van der Waals surface area contributed by atoms with Crippen molar-refractivity contribution in [3.63, 3.8) is 0 Å². The topological polar surface area (TPSA) is 52.7 Å². The van der Waals surface area contributed by atoms with Gasteiger partial charge in [0.1, 0.15) is 0 Å². The molecule has 0 spiro atoms. The van der Waals surface area contributed by atoms with Crippen LogP contribution in [-0.2, 0) is 4.79 Å². The van der Waals surface area contributed by atoms with Crippen molar-refractivity contribution < 1.29 is 9.59 Å². The van der Waals surface area contributed by atoms with Crippen molar-refractivity contribution in [2.75, 3.05) is 26.2 Å². The number of carbonyl (C=O) groups is 2. The Labute approximate surface area is 159 Å². The number of hydrogen-bond donors (Lipinski definition) is 1. The molecule has 3 aliphatic rings. The van der Waals surface area contributed by atoms with E-state index in [9.17, 15) is 9.59 Å². The maximum Gasteiger partial charge on any atom is 0.254 e. The highest BCUT2D eigenvalue weighted by atomic mass is 35.5. The van der Waals surface area contributed by atoms with Crippen LogP contribution >= 0.6 is 11.6 Å². The van der Waals surface area contributed by atoms with E-state index in [1.807, 2.05) is 9.80 Å². The van der Waals surface area contributed by atoms with Crippen molar-refractivity contribution in [3.05, 3.63) is 34.9 Å². The zero-order valence-electron chi connectivity index (χ0n) is 15.0. The van der Waals surface area contributed by atoms with E-state index in [0.29, 0.717) is 48.7 Å². The molecule has 0 radical (unpaired) electrons. The Morgan fingerprint density at radius 3 is 2.50 bits per heavy atom. The summed E-state index contributed by atoms with van der Waals surface area (Å²) in [6.45, 7) is 2.38. The predicted molar refractivity (Wildman–Crippen MR) is 101 cm³/mol. The van der Waals surface area contributed by atoms with E-state index in [4.69, 9.17) is 11.6 Å². The second-order valence-corrected chi connectivity index (χ2v) is 8.17. The number of amides is 2. The maximum atomic E-state index is 12.9. The minimum Gasteiger partial charge on any atom is -0.338 e. The van der Waals surface area contributed by atoms with Gasteiger partial charge >= 0.3 is 0 Å². The fourth-order valence-electron chi connectivity index (χ4n) is 4.66. The number of rotatable bonds is 2. The summed E-state index contributed by atoms with van der Waals surface area (Å²) in [4.78, 5) is 29.2. The van der Waals surface area contributed by atoms with Crippen molar-refractivity contribution >= 4 is 23.4 Å². The van der Waals surface area contributed by atoms with E-state index in [1.54, 1.807) is 24.3 Å². The Morgan fingerprint density at radius 1 is 1.04 bits per heavy atom. The van der Waals surface area contributed by atoms with Gasteiger partial charge in [-0.3, -0.25) is 9.59 Å². The molecule has 0 bridgehead atoms. The number of benzene rings is 1. The monoisotopic (exact) mass is 375 g/mol. The average Bonchev–Trinajstić information content (AvgIpc) is 3.11. The third kappa shape index (κ3) is 3.60. The normalized spacial score (nSPS) is 28.7. The fraction of sp³-hybridized carbons (Fsp3) is 0.600. The minimum atomic E-state index is -0.0294. The molecule has 5 nitrogen and oxygen atoms in total. The Bertz CT molecular complexity index is 673. The molecule has 1 aliphatic carbocycles. The van der Waals surface area contributed by atoms with Gasteiger partial charge in [-0.2, -0.15) is 0 Å². The van der Waals surface area contributed by atoms with E-state index in [2.05, 4.69) is 5.32 Å². The number of nitrogens with zero attached hydrogens (tertiary/aromatic N) is 2. The van der Waals surface area contributed by atoms with Crippen molar-refractivity contribution in [3.8, 4) is 0 Å². The molecular weight excluding hydrogens is 350 g/mol. The molecule has 1 aromatic rings. The second-order valence-electron chi connectivity index (χ2n) is 7.73. The van der Waals surface area contributed by atoms with Crippen LogP contribution in [0.1, 0.15) is 42.5 Å². The molecular formula is C20H26ClN3O2. The molecule has 1 N–H and O–H groups in total.